The second-order valence-corrected chi connectivity index (χ2v) is 35.8. The minimum absolute atomic E-state index is 0.0496. The van der Waals surface area contributed by atoms with Crippen molar-refractivity contribution in [2.24, 2.45) is 27.1 Å². The van der Waals surface area contributed by atoms with E-state index in [2.05, 4.69) is 79.1 Å². The van der Waals surface area contributed by atoms with Gasteiger partial charge in [0.05, 0.1) is 73.8 Å². The summed E-state index contributed by atoms with van der Waals surface area (Å²) in [6, 6.07) is 57.5. The van der Waals surface area contributed by atoms with E-state index in [0.29, 0.717) is 169 Å². The number of rotatable bonds is 15. The van der Waals surface area contributed by atoms with Crippen LogP contribution in [0.3, 0.4) is 0 Å². The van der Waals surface area contributed by atoms with Gasteiger partial charge in [-0.05, 0) is 174 Å². The van der Waals surface area contributed by atoms with Gasteiger partial charge >= 0.3 is 0 Å². The summed E-state index contributed by atoms with van der Waals surface area (Å²) >= 11 is 0. The molecule has 10 N–H and O–H groups in total. The van der Waals surface area contributed by atoms with Gasteiger partial charge in [0.15, 0.2) is 50.7 Å². The van der Waals surface area contributed by atoms with Gasteiger partial charge in [-0.25, -0.2) is 77.9 Å². The summed E-state index contributed by atoms with van der Waals surface area (Å²) in [5.74, 6) is 8.12. The van der Waals surface area contributed by atoms with Crippen LogP contribution in [-0.2, 0) is 47.3 Å². The summed E-state index contributed by atoms with van der Waals surface area (Å²) in [5, 5.41) is 56.2. The summed E-state index contributed by atoms with van der Waals surface area (Å²) in [6.45, 7) is 16.2. The molecule has 0 atom stereocenters. The van der Waals surface area contributed by atoms with Crippen LogP contribution in [0.5, 0.6) is 11.5 Å². The third-order valence-electron chi connectivity index (χ3n) is 25.8. The Hall–Kier alpha value is -19.5. The van der Waals surface area contributed by atoms with E-state index < -0.39 is 11.6 Å². The van der Waals surface area contributed by atoms with Crippen LogP contribution in [0, 0.1) is 79.0 Å². The SMILES string of the molecule is Cc1cccc(-c2nn(Cc3cc4cccc(C)c4c(=O)n3-c3ccccc3C)c3ncnc(N)c23)c1.Cc1ccccc1-n1c(Cn2nc(-c3ccc(F)c(O)c3)c3c(N)ncnc32)nc2c(C)nn(C)c2c1=O.Cc1ccccc1-n1c(Cn2nc(-c3cccc(O)c3)c3c(N)ncnc32)nc2c(C)nn(C)c2c1=O.Cc1ccccc1-n1c(Cn2nc(C#CC3CC3)c3c(N)ncnc32)nc2cnn(C)c2c1=O. The molecule has 39 nitrogen and oxygen atoms in total. The molecule has 8 aromatic carbocycles. The first-order valence-corrected chi connectivity index (χ1v) is 46.5. The van der Waals surface area contributed by atoms with Gasteiger partial charge in [-0.2, -0.15) is 35.7 Å². The van der Waals surface area contributed by atoms with E-state index in [9.17, 15) is 33.8 Å². The van der Waals surface area contributed by atoms with Crippen molar-refractivity contribution in [3.8, 4) is 79.9 Å². The molecule has 146 heavy (non-hydrogen) atoms. The van der Waals surface area contributed by atoms with Crippen LogP contribution in [0.2, 0.25) is 0 Å². The number of pyridine rings is 1. The van der Waals surface area contributed by atoms with E-state index in [1.165, 1.54) is 42.1 Å². The Morgan fingerprint density at radius 2 is 0.795 bits per heavy atom. The molecular formula is C106H92FN33O6. The maximum Gasteiger partial charge on any atom is 0.284 e. The number of aromatic hydroxyl groups is 2. The molecule has 1 saturated carbocycles. The minimum atomic E-state index is -0.756. The topological polar surface area (TPSA) is 499 Å². The third-order valence-corrected chi connectivity index (χ3v) is 25.8. The number of phenols is 2. The van der Waals surface area contributed by atoms with Crippen LogP contribution < -0.4 is 45.2 Å². The first kappa shape index (κ1) is 92.8. The van der Waals surface area contributed by atoms with Crippen molar-refractivity contribution in [2.45, 2.75) is 94.4 Å². The van der Waals surface area contributed by atoms with E-state index in [1.807, 2.05) is 193 Å². The van der Waals surface area contributed by atoms with E-state index in [-0.39, 0.29) is 59.3 Å². The van der Waals surface area contributed by atoms with Gasteiger partial charge < -0.3 is 33.1 Å². The highest BCUT2D eigenvalue weighted by Crippen LogP contribution is 2.39. The summed E-state index contributed by atoms with van der Waals surface area (Å²) in [5.41, 5.74) is 44.1. The molecule has 1 aliphatic carbocycles. The number of aromatic nitrogens is 29. The van der Waals surface area contributed by atoms with Crippen LogP contribution in [0.25, 0.3) is 145 Å². The average molecular weight is 1940 g/mol. The van der Waals surface area contributed by atoms with Crippen molar-refractivity contribution in [3.63, 3.8) is 0 Å². The zero-order valence-electron chi connectivity index (χ0n) is 80.8. The lowest BCUT2D eigenvalue weighted by Gasteiger charge is -2.17. The predicted molar refractivity (Wildman–Crippen MR) is 554 cm³/mol. The number of hydrogen-bond acceptors (Lipinski definition) is 28. The molecule has 0 bridgehead atoms. The molecule has 23 aromatic rings. The first-order chi connectivity index (χ1) is 70.5. The van der Waals surface area contributed by atoms with Gasteiger partial charge in [0.25, 0.3) is 22.2 Å². The number of halogens is 1. The largest absolute Gasteiger partial charge is 0.508 e. The molecule has 0 saturated heterocycles. The smallest absolute Gasteiger partial charge is 0.284 e. The number of benzene rings is 8. The van der Waals surface area contributed by atoms with Gasteiger partial charge in [0.1, 0.15) is 131 Å². The monoisotopic (exact) mass is 1940 g/mol. The number of aryl methyl sites for hydroxylation is 11. The van der Waals surface area contributed by atoms with Crippen LogP contribution in [0.4, 0.5) is 27.7 Å². The molecule has 0 aliphatic heterocycles. The fraction of sp³-hybridized carbons (Fsp3) is 0.170. The summed E-state index contributed by atoms with van der Waals surface area (Å²) in [6.07, 6.45) is 9.35. The highest BCUT2D eigenvalue weighted by molar-refractivity contribution is 6.01. The minimum Gasteiger partial charge on any atom is -0.508 e. The molecule has 15 aromatic heterocycles. The number of anilines is 4. The van der Waals surface area contributed by atoms with Gasteiger partial charge in [-0.1, -0.05) is 133 Å². The Morgan fingerprint density at radius 3 is 1.26 bits per heavy atom. The fourth-order valence-corrected chi connectivity index (χ4v) is 18.6. The number of nitrogens with two attached hydrogens (primary N) is 4. The molecule has 0 amide bonds. The summed E-state index contributed by atoms with van der Waals surface area (Å²) < 4.78 is 31.7. The van der Waals surface area contributed by atoms with Crippen molar-refractivity contribution >= 4 is 111 Å². The Balaban J connectivity index is 0.000000114. The average Bonchev–Trinajstić information content (AvgIpc) is 1.45. The summed E-state index contributed by atoms with van der Waals surface area (Å²) in [4.78, 5) is 104. The lowest BCUT2D eigenvalue weighted by Crippen LogP contribution is -2.27. The van der Waals surface area contributed by atoms with Crippen molar-refractivity contribution < 1.29 is 14.6 Å². The van der Waals surface area contributed by atoms with Gasteiger partial charge in [0, 0.05) is 49.4 Å². The maximum atomic E-state index is 14.0. The van der Waals surface area contributed by atoms with Crippen molar-refractivity contribution in [2.75, 3.05) is 22.9 Å². The van der Waals surface area contributed by atoms with E-state index >= 15 is 0 Å². The van der Waals surface area contributed by atoms with Crippen molar-refractivity contribution in [1.29, 1.82) is 0 Å². The van der Waals surface area contributed by atoms with Crippen LogP contribution in [-0.4, -0.2) is 152 Å². The Morgan fingerprint density at radius 1 is 0.384 bits per heavy atom. The number of hydrogen-bond donors (Lipinski definition) is 6. The molecule has 15 heterocycles. The second kappa shape index (κ2) is 37.3. The number of nitrogens with zero attached hydrogens (tertiary/aromatic N) is 29. The van der Waals surface area contributed by atoms with Crippen LogP contribution >= 0.6 is 0 Å². The van der Waals surface area contributed by atoms with E-state index in [4.69, 9.17) is 58.3 Å². The molecule has 0 unspecified atom stereocenters. The molecule has 1 aliphatic rings. The van der Waals surface area contributed by atoms with Gasteiger partial charge in [-0.15, -0.1) is 0 Å². The highest BCUT2D eigenvalue weighted by Gasteiger charge is 2.30. The molecule has 0 radical (unpaired) electrons. The van der Waals surface area contributed by atoms with Gasteiger partial charge in [-0.3, -0.25) is 51.5 Å². The predicted octanol–water partition coefficient (Wildman–Crippen LogP) is 13.2. The zero-order valence-corrected chi connectivity index (χ0v) is 80.8. The Labute approximate surface area is 827 Å². The zero-order chi connectivity index (χ0) is 102. The number of phenolic OH excluding ortho intramolecular Hbond substituents is 2. The quantitative estimate of drug-likeness (QED) is 0.0519. The lowest BCUT2D eigenvalue weighted by molar-refractivity contribution is 0.432. The fourth-order valence-electron chi connectivity index (χ4n) is 18.6. The number of fused-ring (bicyclic) bond motifs is 8. The number of para-hydroxylation sites is 4. The standard InChI is InChI=1S/C30H26N6O.C26H22FN9O2.C26H23N9O2.C24H21N9O/c1-18-8-6-12-22(14-18)27-26-28(31)32-17-33-29(26)35(34-27)16-23-15-21-11-7-10-20(3)25(21)30(37)36(23)24-13-5-4-9-19(24)2;1-13-6-4-5-7-17(13)36-19(31-21-14(2)32-34(3)23(21)26(36)38)11-35-25-20(24(28)29-12-30-25)22(33-35)15-8-9-16(27)18(37)10-15;1-14-7-4-5-10-18(14)35-19(30-21-15(2)31-33(3)23(21)26(35)37)12-34-25-20(24(27)28-13-29-25)22(32-34)16-8-6-9-17(36)11-16;1-14-5-3-4-6-18(14)33-19(29-17-11-28-31(2)21(17)24(33)34)12-32-23-20(22(25)26-13-27-23)16(30-32)10-9-15-7-8-15/h4-15,17H,16H2,1-3H3,(H2,31,32,33);4-10,12,37H,11H2,1-3H3,(H2,28,29,30);4-11,13,36H,12H2,1-3H3,(H2,27,28,29);3-6,11,13,15H,7-8,12H2,1-2H3,(H2,25,26,27). The van der Waals surface area contributed by atoms with E-state index in [0.717, 1.165) is 91.7 Å². The maximum absolute atomic E-state index is 14.0. The van der Waals surface area contributed by atoms with E-state index in [1.54, 1.807) is 94.1 Å². The number of nitrogen functional groups attached to an aromatic ring is 4. The molecule has 0 spiro atoms. The molecule has 724 valence electrons. The molecular weight excluding hydrogens is 1850 g/mol. The van der Waals surface area contributed by atoms with Crippen molar-refractivity contribution in [1.82, 2.24) is 142 Å². The molecule has 40 heteroatoms. The normalized spacial score (nSPS) is 11.9. The molecule has 24 rings (SSSR count). The van der Waals surface area contributed by atoms with Crippen LogP contribution in [0.1, 0.15) is 86.5 Å². The summed E-state index contributed by atoms with van der Waals surface area (Å²) in [7, 11) is 5.19. The van der Waals surface area contributed by atoms with Crippen molar-refractivity contribution in [3.05, 3.63) is 340 Å². The second-order valence-electron chi connectivity index (χ2n) is 35.8. The van der Waals surface area contributed by atoms with Crippen LogP contribution in [0.15, 0.2) is 239 Å². The first-order valence-electron chi connectivity index (χ1n) is 46.5. The Bertz CT molecular complexity index is 9630. The Kier molecular flexibility index (Phi) is 23.7. The third kappa shape index (κ3) is 16.8. The molecule has 1 fully saturated rings. The van der Waals surface area contributed by atoms with Gasteiger partial charge in [0.2, 0.25) is 0 Å². The highest BCUT2D eigenvalue weighted by atomic mass is 19.1. The lowest BCUT2D eigenvalue weighted by atomic mass is 10.1.